The van der Waals surface area contributed by atoms with Crippen molar-refractivity contribution < 1.29 is 24.5 Å². The first-order chi connectivity index (χ1) is 5.83. The number of hydrogen-bond donors (Lipinski definition) is 2. The predicted molar refractivity (Wildman–Crippen MR) is 44.0 cm³/mol. The van der Waals surface area contributed by atoms with Gasteiger partial charge in [0.15, 0.2) is 0 Å². The number of carboxylic acids is 1. The number of rotatable bonds is 4. The van der Waals surface area contributed by atoms with Crippen molar-refractivity contribution in [3.05, 3.63) is 12.2 Å². The molecule has 13 heavy (non-hydrogen) atoms. The maximum atomic E-state index is 10.9. The summed E-state index contributed by atoms with van der Waals surface area (Å²) in [5, 5.41) is 17.3. The van der Waals surface area contributed by atoms with E-state index in [0.29, 0.717) is 0 Å². The third kappa shape index (κ3) is 2.87. The topological polar surface area (TPSA) is 83.8 Å². The number of carboxylic acid groups (broad SMARTS) is 1. The van der Waals surface area contributed by atoms with Crippen molar-refractivity contribution in [2.24, 2.45) is 0 Å². The van der Waals surface area contributed by atoms with Gasteiger partial charge < -0.3 is 14.9 Å². The Kier molecular flexibility index (Phi) is 3.62. The quantitative estimate of drug-likeness (QED) is 0.477. The van der Waals surface area contributed by atoms with Gasteiger partial charge in [-0.15, -0.1) is 0 Å². The van der Waals surface area contributed by atoms with Crippen LogP contribution in [0.4, 0.5) is 0 Å². The lowest BCUT2D eigenvalue weighted by atomic mass is 10.1. The molecule has 1 atom stereocenters. The average Bonchev–Trinajstić information content (AvgIpc) is 2.03. The van der Waals surface area contributed by atoms with E-state index < -0.39 is 24.1 Å². The molecule has 0 aliphatic carbocycles. The second-order valence-electron chi connectivity index (χ2n) is 2.86. The second kappa shape index (κ2) is 4.04. The van der Waals surface area contributed by atoms with Crippen molar-refractivity contribution in [2.75, 3.05) is 6.61 Å². The van der Waals surface area contributed by atoms with E-state index in [1.54, 1.807) is 0 Å². The molecule has 0 bridgehead atoms. The number of aliphatic hydroxyl groups excluding tert-OH is 1. The highest BCUT2D eigenvalue weighted by molar-refractivity contribution is 5.90. The van der Waals surface area contributed by atoms with Crippen LogP contribution < -0.4 is 0 Å². The standard InChI is InChI=1S/C8H12O5/c1-5(2)6(10)13-8(3,4-9)7(11)12/h9H,1,4H2,2-3H3,(H,11,12). The summed E-state index contributed by atoms with van der Waals surface area (Å²) in [5.74, 6) is -2.23. The fourth-order valence-electron chi connectivity index (χ4n) is 0.435. The van der Waals surface area contributed by atoms with Crippen LogP contribution >= 0.6 is 0 Å². The van der Waals surface area contributed by atoms with Gasteiger partial charge >= 0.3 is 11.9 Å². The van der Waals surface area contributed by atoms with Crippen molar-refractivity contribution in [3.63, 3.8) is 0 Å². The highest BCUT2D eigenvalue weighted by atomic mass is 16.6. The Morgan fingerprint density at radius 1 is 1.54 bits per heavy atom. The predicted octanol–water partition coefficient (Wildman–Crippen LogP) is -0.0587. The van der Waals surface area contributed by atoms with Crippen LogP contribution in [0.2, 0.25) is 0 Å². The molecule has 74 valence electrons. The molecule has 0 spiro atoms. The molecule has 0 saturated carbocycles. The van der Waals surface area contributed by atoms with Crippen molar-refractivity contribution >= 4 is 11.9 Å². The number of aliphatic carboxylic acids is 1. The zero-order chi connectivity index (χ0) is 10.6. The fraction of sp³-hybridized carbons (Fsp3) is 0.500. The van der Waals surface area contributed by atoms with E-state index in [9.17, 15) is 9.59 Å². The van der Waals surface area contributed by atoms with Gasteiger partial charge in [-0.3, -0.25) is 0 Å². The molecule has 0 fully saturated rings. The third-order valence-corrected chi connectivity index (χ3v) is 1.42. The largest absolute Gasteiger partial charge is 0.478 e. The maximum absolute atomic E-state index is 10.9. The van der Waals surface area contributed by atoms with Crippen molar-refractivity contribution in [1.82, 2.24) is 0 Å². The fourth-order valence-corrected chi connectivity index (χ4v) is 0.435. The van der Waals surface area contributed by atoms with Gasteiger partial charge in [0.05, 0.1) is 6.61 Å². The van der Waals surface area contributed by atoms with E-state index >= 15 is 0 Å². The SMILES string of the molecule is C=C(C)C(=O)OC(C)(CO)C(=O)O. The van der Waals surface area contributed by atoms with E-state index in [2.05, 4.69) is 11.3 Å². The molecule has 5 heteroatoms. The Morgan fingerprint density at radius 2 is 2.00 bits per heavy atom. The smallest absolute Gasteiger partial charge is 0.350 e. The Bertz CT molecular complexity index is 245. The van der Waals surface area contributed by atoms with Crippen molar-refractivity contribution in [3.8, 4) is 0 Å². The molecule has 0 amide bonds. The summed E-state index contributed by atoms with van der Waals surface area (Å²) in [6, 6.07) is 0. The second-order valence-corrected chi connectivity index (χ2v) is 2.86. The first kappa shape index (κ1) is 11.6. The van der Waals surface area contributed by atoms with Gasteiger partial charge in [0.25, 0.3) is 0 Å². The highest BCUT2D eigenvalue weighted by Crippen LogP contribution is 2.11. The van der Waals surface area contributed by atoms with Crippen molar-refractivity contribution in [1.29, 1.82) is 0 Å². The number of carbonyl (C=O) groups excluding carboxylic acids is 1. The van der Waals surface area contributed by atoms with Gasteiger partial charge in [-0.25, -0.2) is 9.59 Å². The Labute approximate surface area is 75.6 Å². The first-order valence-electron chi connectivity index (χ1n) is 3.56. The van der Waals surface area contributed by atoms with Crippen LogP contribution in [0.25, 0.3) is 0 Å². The van der Waals surface area contributed by atoms with Gasteiger partial charge in [-0.05, 0) is 13.8 Å². The van der Waals surface area contributed by atoms with Crippen LogP contribution in [-0.2, 0) is 14.3 Å². The Balaban J connectivity index is 4.55. The Hall–Kier alpha value is -1.36. The molecule has 0 aliphatic heterocycles. The van der Waals surface area contributed by atoms with Gasteiger partial charge in [0, 0.05) is 5.57 Å². The van der Waals surface area contributed by atoms with Crippen LogP contribution in [0, 0.1) is 0 Å². The van der Waals surface area contributed by atoms with E-state index in [-0.39, 0.29) is 5.57 Å². The molecule has 0 aromatic rings. The molecule has 2 N–H and O–H groups in total. The van der Waals surface area contributed by atoms with Crippen LogP contribution in [-0.4, -0.2) is 34.4 Å². The van der Waals surface area contributed by atoms with E-state index in [1.807, 2.05) is 0 Å². The van der Waals surface area contributed by atoms with Crippen LogP contribution in [0.1, 0.15) is 13.8 Å². The molecule has 5 nitrogen and oxygen atoms in total. The van der Waals surface area contributed by atoms with Gasteiger partial charge in [-0.1, -0.05) is 6.58 Å². The summed E-state index contributed by atoms with van der Waals surface area (Å²) >= 11 is 0. The monoisotopic (exact) mass is 188 g/mol. The minimum atomic E-state index is -1.89. The van der Waals surface area contributed by atoms with Crippen LogP contribution in [0.5, 0.6) is 0 Å². The molecule has 0 aromatic carbocycles. The first-order valence-corrected chi connectivity index (χ1v) is 3.56. The maximum Gasteiger partial charge on any atom is 0.350 e. The summed E-state index contributed by atoms with van der Waals surface area (Å²) in [4.78, 5) is 21.5. The average molecular weight is 188 g/mol. The number of ether oxygens (including phenoxy) is 1. The molecule has 0 radical (unpaired) electrons. The lowest BCUT2D eigenvalue weighted by molar-refractivity contribution is -0.178. The molecule has 0 saturated heterocycles. The van der Waals surface area contributed by atoms with E-state index in [1.165, 1.54) is 6.92 Å². The Morgan fingerprint density at radius 3 is 2.23 bits per heavy atom. The van der Waals surface area contributed by atoms with Gasteiger partial charge in [-0.2, -0.15) is 0 Å². The number of esters is 1. The zero-order valence-corrected chi connectivity index (χ0v) is 7.53. The summed E-state index contributed by atoms with van der Waals surface area (Å²) in [7, 11) is 0. The number of aliphatic hydroxyl groups is 1. The molecule has 0 rings (SSSR count). The van der Waals surface area contributed by atoms with Crippen molar-refractivity contribution in [2.45, 2.75) is 19.4 Å². The molecule has 0 heterocycles. The summed E-state index contributed by atoms with van der Waals surface area (Å²) in [6.07, 6.45) is 0. The van der Waals surface area contributed by atoms with Crippen LogP contribution in [0.3, 0.4) is 0 Å². The zero-order valence-electron chi connectivity index (χ0n) is 7.53. The highest BCUT2D eigenvalue weighted by Gasteiger charge is 2.36. The third-order valence-electron chi connectivity index (χ3n) is 1.42. The van der Waals surface area contributed by atoms with Crippen LogP contribution in [0.15, 0.2) is 12.2 Å². The van der Waals surface area contributed by atoms with Gasteiger partial charge in [0.1, 0.15) is 0 Å². The van der Waals surface area contributed by atoms with E-state index in [4.69, 9.17) is 10.2 Å². The summed E-state index contributed by atoms with van der Waals surface area (Å²) in [5.41, 5.74) is -1.81. The minimum Gasteiger partial charge on any atom is -0.478 e. The van der Waals surface area contributed by atoms with E-state index in [0.717, 1.165) is 6.92 Å². The number of carbonyl (C=O) groups is 2. The number of hydrogen-bond acceptors (Lipinski definition) is 4. The lowest BCUT2D eigenvalue weighted by Crippen LogP contribution is -2.43. The minimum absolute atomic E-state index is 0.0842. The summed E-state index contributed by atoms with van der Waals surface area (Å²) in [6.45, 7) is 5.01. The summed E-state index contributed by atoms with van der Waals surface area (Å²) < 4.78 is 4.52. The molecule has 0 aromatic heterocycles. The molecule has 0 aliphatic rings. The molecule has 1 unspecified atom stereocenters. The molecular weight excluding hydrogens is 176 g/mol. The lowest BCUT2D eigenvalue weighted by Gasteiger charge is -2.22. The normalized spacial score (nSPS) is 14.4. The molecular formula is C8H12O5. The van der Waals surface area contributed by atoms with Gasteiger partial charge in [0.2, 0.25) is 5.60 Å².